The fraction of sp³-hybridized carbons (Fsp3) is 0.400. The van der Waals surface area contributed by atoms with Crippen LogP contribution in [0.3, 0.4) is 0 Å². The number of rotatable bonds is 6. The Hall–Kier alpha value is -1.81. The molecule has 1 heterocycles. The largest absolute Gasteiger partial charge is 0.432 e. The van der Waals surface area contributed by atoms with E-state index in [0.717, 1.165) is 25.3 Å². The number of nitrogens with zero attached hydrogens (tertiary/aromatic N) is 2. The van der Waals surface area contributed by atoms with Crippen molar-refractivity contribution in [2.45, 2.75) is 26.9 Å². The molecule has 0 atom stereocenters. The van der Waals surface area contributed by atoms with E-state index in [-0.39, 0.29) is 0 Å². The van der Waals surface area contributed by atoms with Crippen molar-refractivity contribution in [2.24, 2.45) is 0 Å². The molecular formula is C15H21N3O. The van der Waals surface area contributed by atoms with Crippen molar-refractivity contribution >= 4 is 6.01 Å². The van der Waals surface area contributed by atoms with Gasteiger partial charge in [-0.05, 0) is 24.6 Å². The van der Waals surface area contributed by atoms with Crippen LogP contribution in [0.15, 0.2) is 34.9 Å². The summed E-state index contributed by atoms with van der Waals surface area (Å²) in [6.45, 7) is 6.67. The van der Waals surface area contributed by atoms with E-state index in [1.54, 1.807) is 6.26 Å². The third-order valence-electron chi connectivity index (χ3n) is 3.09. The number of benzene rings is 1. The molecule has 2 aromatic rings. The van der Waals surface area contributed by atoms with Gasteiger partial charge in [0.15, 0.2) is 0 Å². The summed E-state index contributed by atoms with van der Waals surface area (Å²) in [5.41, 5.74) is 3.51. The molecule has 0 fully saturated rings. The highest BCUT2D eigenvalue weighted by atomic mass is 16.4. The Bertz CT molecular complexity index is 522. The summed E-state index contributed by atoms with van der Waals surface area (Å²) in [7, 11) is 2.00. The zero-order valence-corrected chi connectivity index (χ0v) is 11.8. The lowest BCUT2D eigenvalue weighted by Crippen LogP contribution is -2.18. The standard InChI is InChI=1S/C15H21N3O/c1-4-16-9-14-11-19-15(17-14)18(3)10-13-8-6-5-7-12(13)2/h5-8,11,16H,4,9-10H2,1-3H3. The normalized spacial score (nSPS) is 10.7. The van der Waals surface area contributed by atoms with Gasteiger partial charge >= 0.3 is 0 Å². The van der Waals surface area contributed by atoms with Crippen LogP contribution in [-0.2, 0) is 13.1 Å². The highest BCUT2D eigenvalue weighted by Gasteiger charge is 2.10. The molecule has 0 saturated heterocycles. The Balaban J connectivity index is 2.01. The summed E-state index contributed by atoms with van der Waals surface area (Å²) in [5, 5.41) is 3.23. The van der Waals surface area contributed by atoms with Crippen LogP contribution >= 0.6 is 0 Å². The van der Waals surface area contributed by atoms with Gasteiger partial charge in [0.1, 0.15) is 6.26 Å². The summed E-state index contributed by atoms with van der Waals surface area (Å²) >= 11 is 0. The fourth-order valence-corrected chi connectivity index (χ4v) is 1.92. The zero-order chi connectivity index (χ0) is 13.7. The predicted molar refractivity (Wildman–Crippen MR) is 77.2 cm³/mol. The van der Waals surface area contributed by atoms with E-state index >= 15 is 0 Å². The summed E-state index contributed by atoms with van der Waals surface area (Å²) in [4.78, 5) is 6.50. The minimum Gasteiger partial charge on any atom is -0.432 e. The third-order valence-corrected chi connectivity index (χ3v) is 3.09. The first-order valence-corrected chi connectivity index (χ1v) is 6.61. The highest BCUT2D eigenvalue weighted by molar-refractivity contribution is 5.32. The van der Waals surface area contributed by atoms with Crippen molar-refractivity contribution in [3.8, 4) is 0 Å². The summed E-state index contributed by atoms with van der Waals surface area (Å²) in [6, 6.07) is 9.03. The van der Waals surface area contributed by atoms with Crippen molar-refractivity contribution < 1.29 is 4.42 Å². The fourth-order valence-electron chi connectivity index (χ4n) is 1.92. The van der Waals surface area contributed by atoms with Crippen molar-refractivity contribution in [1.29, 1.82) is 0 Å². The van der Waals surface area contributed by atoms with Gasteiger partial charge in [-0.3, -0.25) is 0 Å². The van der Waals surface area contributed by atoms with Gasteiger partial charge < -0.3 is 14.6 Å². The molecule has 0 radical (unpaired) electrons. The molecule has 1 N–H and O–H groups in total. The molecule has 0 aliphatic carbocycles. The molecule has 0 unspecified atom stereocenters. The van der Waals surface area contributed by atoms with E-state index in [4.69, 9.17) is 4.42 Å². The first-order chi connectivity index (χ1) is 9.20. The maximum Gasteiger partial charge on any atom is 0.297 e. The summed E-state index contributed by atoms with van der Waals surface area (Å²) in [6.07, 6.45) is 1.71. The summed E-state index contributed by atoms with van der Waals surface area (Å²) in [5.74, 6) is 0. The second-order valence-corrected chi connectivity index (χ2v) is 4.68. The molecule has 1 aromatic heterocycles. The molecule has 4 heteroatoms. The van der Waals surface area contributed by atoms with Gasteiger partial charge in [0.2, 0.25) is 0 Å². The number of aromatic nitrogens is 1. The molecular weight excluding hydrogens is 238 g/mol. The van der Waals surface area contributed by atoms with Crippen molar-refractivity contribution in [3.63, 3.8) is 0 Å². The van der Waals surface area contributed by atoms with Crippen molar-refractivity contribution in [1.82, 2.24) is 10.3 Å². The predicted octanol–water partition coefficient (Wildman–Crippen LogP) is 2.73. The Labute approximate surface area is 114 Å². The molecule has 0 spiro atoms. The topological polar surface area (TPSA) is 41.3 Å². The van der Waals surface area contributed by atoms with Gasteiger partial charge in [-0.25, -0.2) is 0 Å². The Morgan fingerprint density at radius 3 is 2.84 bits per heavy atom. The van der Waals surface area contributed by atoms with Gasteiger partial charge in [0.25, 0.3) is 6.01 Å². The van der Waals surface area contributed by atoms with Crippen LogP contribution in [0.4, 0.5) is 6.01 Å². The second-order valence-electron chi connectivity index (χ2n) is 4.68. The van der Waals surface area contributed by atoms with Gasteiger partial charge in [-0.2, -0.15) is 4.98 Å². The van der Waals surface area contributed by atoms with Gasteiger partial charge in [-0.1, -0.05) is 31.2 Å². The molecule has 102 valence electrons. The average molecular weight is 259 g/mol. The number of oxazole rings is 1. The quantitative estimate of drug-likeness (QED) is 0.866. The molecule has 1 aromatic carbocycles. The Morgan fingerprint density at radius 1 is 1.32 bits per heavy atom. The van der Waals surface area contributed by atoms with Crippen LogP contribution in [0.1, 0.15) is 23.7 Å². The first-order valence-electron chi connectivity index (χ1n) is 6.61. The minimum absolute atomic E-state index is 0.663. The van der Waals surface area contributed by atoms with E-state index in [2.05, 4.69) is 48.4 Å². The lowest BCUT2D eigenvalue weighted by atomic mass is 10.1. The van der Waals surface area contributed by atoms with E-state index in [1.165, 1.54) is 11.1 Å². The SMILES string of the molecule is CCNCc1coc(N(C)Cc2ccccc2C)n1. The number of anilines is 1. The van der Waals surface area contributed by atoms with E-state index in [0.29, 0.717) is 6.01 Å². The Kier molecular flexibility index (Phi) is 4.58. The zero-order valence-electron chi connectivity index (χ0n) is 11.8. The molecule has 19 heavy (non-hydrogen) atoms. The second kappa shape index (κ2) is 6.38. The van der Waals surface area contributed by atoms with Gasteiger partial charge in [0.05, 0.1) is 5.69 Å². The Morgan fingerprint density at radius 2 is 2.11 bits per heavy atom. The van der Waals surface area contributed by atoms with Gasteiger partial charge in [0, 0.05) is 20.1 Å². The maximum atomic E-state index is 5.51. The average Bonchev–Trinajstić information content (AvgIpc) is 2.88. The molecule has 0 amide bonds. The van der Waals surface area contributed by atoms with Crippen LogP contribution in [0, 0.1) is 6.92 Å². The van der Waals surface area contributed by atoms with Crippen LogP contribution in [0.25, 0.3) is 0 Å². The number of hydrogen-bond acceptors (Lipinski definition) is 4. The number of hydrogen-bond donors (Lipinski definition) is 1. The maximum absolute atomic E-state index is 5.51. The lowest BCUT2D eigenvalue weighted by Gasteiger charge is -2.15. The lowest BCUT2D eigenvalue weighted by molar-refractivity contribution is 0.542. The minimum atomic E-state index is 0.663. The van der Waals surface area contributed by atoms with E-state index in [9.17, 15) is 0 Å². The molecule has 0 aliphatic rings. The smallest absolute Gasteiger partial charge is 0.297 e. The molecule has 4 nitrogen and oxygen atoms in total. The van der Waals surface area contributed by atoms with E-state index in [1.807, 2.05) is 11.9 Å². The molecule has 0 aliphatic heterocycles. The van der Waals surface area contributed by atoms with Crippen molar-refractivity contribution in [3.05, 3.63) is 47.3 Å². The number of aryl methyl sites for hydroxylation is 1. The number of nitrogens with one attached hydrogen (secondary N) is 1. The van der Waals surface area contributed by atoms with Crippen LogP contribution < -0.4 is 10.2 Å². The summed E-state index contributed by atoms with van der Waals surface area (Å²) < 4.78 is 5.51. The van der Waals surface area contributed by atoms with Gasteiger partial charge in [-0.15, -0.1) is 0 Å². The molecule has 0 bridgehead atoms. The third kappa shape index (κ3) is 3.58. The van der Waals surface area contributed by atoms with Crippen LogP contribution in [0.5, 0.6) is 0 Å². The molecule has 2 rings (SSSR count). The van der Waals surface area contributed by atoms with Crippen LogP contribution in [-0.4, -0.2) is 18.6 Å². The monoisotopic (exact) mass is 259 g/mol. The molecule has 0 saturated carbocycles. The highest BCUT2D eigenvalue weighted by Crippen LogP contribution is 2.16. The van der Waals surface area contributed by atoms with E-state index < -0.39 is 0 Å². The van der Waals surface area contributed by atoms with Crippen LogP contribution in [0.2, 0.25) is 0 Å². The van der Waals surface area contributed by atoms with Crippen molar-refractivity contribution in [2.75, 3.05) is 18.5 Å². The first kappa shape index (κ1) is 13.6.